The molecule has 1 aromatic carbocycles. The van der Waals surface area contributed by atoms with Crippen molar-refractivity contribution in [2.24, 2.45) is 5.92 Å². The predicted octanol–water partition coefficient (Wildman–Crippen LogP) is 4.22. The summed E-state index contributed by atoms with van der Waals surface area (Å²) in [5.74, 6) is 2.37. The lowest BCUT2D eigenvalue weighted by molar-refractivity contribution is 0.444. The Kier molecular flexibility index (Phi) is 4.39. The fourth-order valence-corrected chi connectivity index (χ4v) is 3.05. The zero-order valence-electron chi connectivity index (χ0n) is 12.1. The highest BCUT2D eigenvalue weighted by atomic mass is 79.9. The van der Waals surface area contributed by atoms with Gasteiger partial charge in [0.15, 0.2) is 0 Å². The van der Waals surface area contributed by atoms with E-state index < -0.39 is 0 Å². The number of nitrogens with one attached hydrogen (secondary N) is 1. The molecular weight excluding hydrogens is 328 g/mol. The van der Waals surface area contributed by atoms with Crippen LogP contribution in [-0.2, 0) is 0 Å². The highest BCUT2D eigenvalue weighted by Crippen LogP contribution is 2.25. The van der Waals surface area contributed by atoms with Crippen LogP contribution in [0.3, 0.4) is 0 Å². The van der Waals surface area contributed by atoms with Crippen molar-refractivity contribution >= 4 is 33.4 Å². The first kappa shape index (κ1) is 14.3. The van der Waals surface area contributed by atoms with E-state index in [-0.39, 0.29) is 0 Å². The van der Waals surface area contributed by atoms with E-state index in [0.29, 0.717) is 5.95 Å². The number of para-hydroxylation sites is 1. The number of anilines is 3. The van der Waals surface area contributed by atoms with Crippen molar-refractivity contribution in [1.82, 2.24) is 9.97 Å². The van der Waals surface area contributed by atoms with Gasteiger partial charge in [0.25, 0.3) is 0 Å². The van der Waals surface area contributed by atoms with Gasteiger partial charge in [-0.1, -0.05) is 19.1 Å². The number of hydrogen-bond donors (Lipinski definition) is 1. The smallest absolute Gasteiger partial charge is 0.229 e. The fourth-order valence-electron chi connectivity index (χ4n) is 2.67. The Bertz CT molecular complexity index is 617. The van der Waals surface area contributed by atoms with Crippen molar-refractivity contribution in [3.05, 3.63) is 41.0 Å². The number of piperidine rings is 1. The van der Waals surface area contributed by atoms with Crippen LogP contribution >= 0.6 is 15.9 Å². The van der Waals surface area contributed by atoms with Crippen LogP contribution in [0.15, 0.2) is 41.0 Å². The van der Waals surface area contributed by atoms with Crippen molar-refractivity contribution < 1.29 is 0 Å². The van der Waals surface area contributed by atoms with Crippen LogP contribution < -0.4 is 10.2 Å². The van der Waals surface area contributed by atoms with E-state index in [1.165, 1.54) is 12.8 Å². The number of aromatic nitrogens is 2. The Labute approximate surface area is 133 Å². The molecule has 0 aliphatic carbocycles. The number of halogens is 1. The Morgan fingerprint density at radius 3 is 2.95 bits per heavy atom. The van der Waals surface area contributed by atoms with E-state index >= 15 is 0 Å². The summed E-state index contributed by atoms with van der Waals surface area (Å²) in [7, 11) is 0. The number of rotatable bonds is 3. The molecular formula is C16H19BrN4. The van der Waals surface area contributed by atoms with Crippen LogP contribution in [0.2, 0.25) is 0 Å². The molecule has 0 bridgehead atoms. The average molecular weight is 347 g/mol. The maximum atomic E-state index is 4.65. The SMILES string of the molecule is CC1CCCN(c2ccnc(Nc3ccccc3Br)n2)C1. The van der Waals surface area contributed by atoms with Gasteiger partial charge in [0.1, 0.15) is 5.82 Å². The Balaban J connectivity index is 1.78. The lowest BCUT2D eigenvalue weighted by Gasteiger charge is -2.31. The molecule has 0 spiro atoms. The molecule has 1 fully saturated rings. The van der Waals surface area contributed by atoms with E-state index in [0.717, 1.165) is 35.0 Å². The van der Waals surface area contributed by atoms with Crippen LogP contribution in [-0.4, -0.2) is 23.1 Å². The van der Waals surface area contributed by atoms with Gasteiger partial charge in [-0.05, 0) is 52.9 Å². The lowest BCUT2D eigenvalue weighted by Crippen LogP contribution is -2.34. The van der Waals surface area contributed by atoms with Crippen LogP contribution in [0.25, 0.3) is 0 Å². The van der Waals surface area contributed by atoms with E-state index in [1.807, 2.05) is 36.5 Å². The van der Waals surface area contributed by atoms with Crippen molar-refractivity contribution in [3.8, 4) is 0 Å². The predicted molar refractivity (Wildman–Crippen MR) is 90.1 cm³/mol. The molecule has 5 heteroatoms. The van der Waals surface area contributed by atoms with Crippen molar-refractivity contribution in [3.63, 3.8) is 0 Å². The lowest BCUT2D eigenvalue weighted by atomic mass is 10.0. The van der Waals surface area contributed by atoms with Gasteiger partial charge < -0.3 is 10.2 Å². The largest absolute Gasteiger partial charge is 0.356 e. The first-order chi connectivity index (χ1) is 10.2. The average Bonchev–Trinajstić information content (AvgIpc) is 2.50. The number of nitrogens with zero attached hydrogens (tertiary/aromatic N) is 3. The normalized spacial score (nSPS) is 18.6. The Morgan fingerprint density at radius 2 is 2.14 bits per heavy atom. The van der Waals surface area contributed by atoms with Gasteiger partial charge in [0, 0.05) is 23.8 Å². The van der Waals surface area contributed by atoms with Crippen LogP contribution in [0.4, 0.5) is 17.5 Å². The molecule has 0 saturated carbocycles. The summed E-state index contributed by atoms with van der Waals surface area (Å²) < 4.78 is 1.01. The molecule has 0 radical (unpaired) electrons. The van der Waals surface area contributed by atoms with Crippen molar-refractivity contribution in [2.45, 2.75) is 19.8 Å². The highest BCUT2D eigenvalue weighted by molar-refractivity contribution is 9.10. The van der Waals surface area contributed by atoms with E-state index in [2.05, 4.69) is 43.0 Å². The molecule has 1 saturated heterocycles. The Morgan fingerprint density at radius 1 is 1.29 bits per heavy atom. The molecule has 110 valence electrons. The van der Waals surface area contributed by atoms with Gasteiger partial charge in [-0.3, -0.25) is 0 Å². The zero-order valence-corrected chi connectivity index (χ0v) is 13.7. The Hall–Kier alpha value is -1.62. The molecule has 21 heavy (non-hydrogen) atoms. The van der Waals surface area contributed by atoms with Crippen LogP contribution in [0.5, 0.6) is 0 Å². The van der Waals surface area contributed by atoms with Gasteiger partial charge in [-0.15, -0.1) is 0 Å². The van der Waals surface area contributed by atoms with Gasteiger partial charge in [-0.2, -0.15) is 4.98 Å². The molecule has 1 aliphatic rings. The van der Waals surface area contributed by atoms with Gasteiger partial charge in [0.2, 0.25) is 5.95 Å². The molecule has 1 aromatic heterocycles. The summed E-state index contributed by atoms with van der Waals surface area (Å²) in [6, 6.07) is 9.97. The summed E-state index contributed by atoms with van der Waals surface area (Å²) in [6.45, 7) is 4.45. The standard InChI is InChI=1S/C16H19BrN4/c1-12-5-4-10-21(11-12)15-8-9-18-16(20-15)19-14-7-3-2-6-13(14)17/h2-3,6-9,12H,4-5,10-11H2,1H3,(H,18,19,20). The molecule has 1 N–H and O–H groups in total. The third-order valence-electron chi connectivity index (χ3n) is 3.74. The molecule has 1 unspecified atom stereocenters. The summed E-state index contributed by atoms with van der Waals surface area (Å²) in [5.41, 5.74) is 0.974. The monoisotopic (exact) mass is 346 g/mol. The maximum absolute atomic E-state index is 4.65. The van der Waals surface area contributed by atoms with Crippen LogP contribution in [0.1, 0.15) is 19.8 Å². The second kappa shape index (κ2) is 6.43. The second-order valence-electron chi connectivity index (χ2n) is 5.54. The van der Waals surface area contributed by atoms with E-state index in [9.17, 15) is 0 Å². The van der Waals surface area contributed by atoms with E-state index in [4.69, 9.17) is 0 Å². The first-order valence-corrected chi connectivity index (χ1v) is 8.11. The fraction of sp³-hybridized carbons (Fsp3) is 0.375. The van der Waals surface area contributed by atoms with Crippen LogP contribution in [0, 0.1) is 5.92 Å². The van der Waals surface area contributed by atoms with E-state index in [1.54, 1.807) is 0 Å². The van der Waals surface area contributed by atoms with Crippen molar-refractivity contribution in [1.29, 1.82) is 0 Å². The minimum absolute atomic E-state index is 0.637. The summed E-state index contributed by atoms with van der Waals surface area (Å²) in [4.78, 5) is 11.3. The molecule has 4 nitrogen and oxygen atoms in total. The minimum Gasteiger partial charge on any atom is -0.356 e. The zero-order chi connectivity index (χ0) is 14.7. The maximum Gasteiger partial charge on any atom is 0.229 e. The summed E-state index contributed by atoms with van der Waals surface area (Å²) in [5, 5.41) is 3.27. The topological polar surface area (TPSA) is 41.1 Å². The molecule has 3 rings (SSSR count). The third-order valence-corrected chi connectivity index (χ3v) is 4.43. The second-order valence-corrected chi connectivity index (χ2v) is 6.39. The summed E-state index contributed by atoms with van der Waals surface area (Å²) in [6.07, 6.45) is 4.36. The van der Waals surface area contributed by atoms with Gasteiger partial charge in [-0.25, -0.2) is 4.98 Å². The molecule has 1 aliphatic heterocycles. The summed E-state index contributed by atoms with van der Waals surface area (Å²) >= 11 is 3.53. The number of benzene rings is 1. The highest BCUT2D eigenvalue weighted by Gasteiger charge is 2.17. The first-order valence-electron chi connectivity index (χ1n) is 7.32. The molecule has 2 aromatic rings. The molecule has 2 heterocycles. The van der Waals surface area contributed by atoms with Gasteiger partial charge in [0.05, 0.1) is 5.69 Å². The third kappa shape index (κ3) is 3.53. The molecule has 1 atom stereocenters. The quantitative estimate of drug-likeness (QED) is 0.903. The number of hydrogen-bond acceptors (Lipinski definition) is 4. The minimum atomic E-state index is 0.637. The van der Waals surface area contributed by atoms with Gasteiger partial charge >= 0.3 is 0 Å². The van der Waals surface area contributed by atoms with Crippen molar-refractivity contribution in [2.75, 3.05) is 23.3 Å². The molecule has 0 amide bonds.